The lowest BCUT2D eigenvalue weighted by Gasteiger charge is -2.58. The molecule has 0 unspecified atom stereocenters. The highest BCUT2D eigenvalue weighted by molar-refractivity contribution is 5.91. The van der Waals surface area contributed by atoms with Crippen LogP contribution in [0.25, 0.3) is 0 Å². The highest BCUT2D eigenvalue weighted by Gasteiger charge is 2.61. The topological polar surface area (TPSA) is 66.4 Å². The van der Waals surface area contributed by atoms with Crippen molar-refractivity contribution in [2.24, 2.45) is 28.6 Å². The molecule has 0 heterocycles. The average Bonchev–Trinajstić information content (AvgIpc) is 2.89. The number of aliphatic hydroxyl groups is 1. The number of halogens is 3. The van der Waals surface area contributed by atoms with E-state index >= 15 is 0 Å². The van der Waals surface area contributed by atoms with Gasteiger partial charge >= 0.3 is 6.18 Å². The Bertz CT molecular complexity index is 748. The molecule has 7 atom stereocenters. The first-order valence-electron chi connectivity index (χ1n) is 10.7. The summed E-state index contributed by atoms with van der Waals surface area (Å²) in [5.74, 6) is -0.533. The van der Waals surface area contributed by atoms with Crippen LogP contribution in [-0.4, -0.2) is 41.5 Å². The highest BCUT2D eigenvalue weighted by atomic mass is 19.4. The molecule has 0 spiro atoms. The molecule has 0 amide bonds. The average molecular weight is 413 g/mol. The number of hydrogen-bond acceptors (Lipinski definition) is 4. The number of Topliss-reactive ketones (excluding diaryl/α,β-unsaturated/α-hetero) is 1. The fourth-order valence-electron chi connectivity index (χ4n) is 7.25. The van der Waals surface area contributed by atoms with Gasteiger partial charge in [0.1, 0.15) is 0 Å². The lowest BCUT2D eigenvalue weighted by atomic mass is 9.47. The molecule has 0 aliphatic heterocycles. The molecule has 2 N–H and O–H groups in total. The molecule has 0 bridgehead atoms. The van der Waals surface area contributed by atoms with Gasteiger partial charge in [0.15, 0.2) is 5.78 Å². The van der Waals surface area contributed by atoms with E-state index in [0.29, 0.717) is 24.7 Å². The predicted molar refractivity (Wildman–Crippen MR) is 101 cm³/mol. The normalized spacial score (nSPS) is 44.6. The molecule has 0 aromatic carbocycles. The fourth-order valence-corrected chi connectivity index (χ4v) is 7.25. The van der Waals surface area contributed by atoms with E-state index in [1.54, 1.807) is 0 Å². The van der Waals surface area contributed by atoms with Crippen molar-refractivity contribution in [2.45, 2.75) is 77.1 Å². The maximum atomic E-state index is 12.6. The Labute approximate surface area is 169 Å². The molecular weight excluding hydrogens is 383 g/mol. The van der Waals surface area contributed by atoms with Crippen molar-refractivity contribution in [3.8, 4) is 0 Å². The number of fused-ring (bicyclic) bond motifs is 5. The van der Waals surface area contributed by atoms with Gasteiger partial charge in [-0.2, -0.15) is 13.2 Å². The van der Waals surface area contributed by atoms with Gasteiger partial charge in [-0.15, -0.1) is 0 Å². The van der Waals surface area contributed by atoms with E-state index < -0.39 is 30.7 Å². The minimum absolute atomic E-state index is 0.0148. The molecule has 0 radical (unpaired) electrons. The molecule has 7 heteroatoms. The number of aliphatic hydroxyl groups excluding tert-OH is 1. The van der Waals surface area contributed by atoms with Gasteiger partial charge in [-0.1, -0.05) is 19.4 Å². The van der Waals surface area contributed by atoms with Gasteiger partial charge < -0.3 is 10.4 Å². The van der Waals surface area contributed by atoms with Crippen LogP contribution in [0.1, 0.15) is 58.8 Å². The van der Waals surface area contributed by atoms with Gasteiger partial charge in [-0.25, -0.2) is 0 Å². The Balaban J connectivity index is 1.54. The van der Waals surface area contributed by atoms with E-state index in [1.807, 2.05) is 6.08 Å². The minimum atomic E-state index is -4.85. The lowest BCUT2D eigenvalue weighted by molar-refractivity contribution is -0.170. The Morgan fingerprint density at radius 3 is 2.62 bits per heavy atom. The SMILES string of the molecule is C[C@]12CC[C@H]3[C@@H](CCC4=CC(=O)CC[C@@]43C)[C@@H]1C[C@@H](O)[C@@H]2NCC(=O)C(F)(F)F. The first-order valence-corrected chi connectivity index (χ1v) is 10.7. The highest BCUT2D eigenvalue weighted by Crippen LogP contribution is 2.65. The molecule has 3 fully saturated rings. The van der Waals surface area contributed by atoms with Crippen molar-refractivity contribution in [1.29, 1.82) is 0 Å². The van der Waals surface area contributed by atoms with Crippen LogP contribution in [0.4, 0.5) is 13.2 Å². The summed E-state index contributed by atoms with van der Waals surface area (Å²) in [6.07, 6.45) is 1.85. The van der Waals surface area contributed by atoms with Gasteiger partial charge in [-0.3, -0.25) is 9.59 Å². The third-order valence-electron chi connectivity index (χ3n) is 8.79. The van der Waals surface area contributed by atoms with Crippen molar-refractivity contribution in [1.82, 2.24) is 5.32 Å². The number of nitrogens with one attached hydrogen (secondary N) is 1. The molecule has 4 aliphatic carbocycles. The summed E-state index contributed by atoms with van der Waals surface area (Å²) in [5, 5.41) is 13.5. The zero-order chi connectivity index (χ0) is 21.2. The number of allylic oxidation sites excluding steroid dienone is 1. The standard InChI is InChI=1S/C22H30F3NO3/c1-20-7-5-13(27)9-12(20)3-4-14-15(20)6-8-21(2)16(14)10-17(28)19(21)26-11-18(29)22(23,24)25/h9,14-17,19,26,28H,3-8,10-11H2,1-2H3/t14-,15+,16+,17-,19+,20+,21+/m1/s1. The molecule has 0 aromatic heterocycles. The second kappa shape index (κ2) is 6.91. The first kappa shape index (κ1) is 21.0. The Morgan fingerprint density at radius 2 is 1.93 bits per heavy atom. The molecule has 3 saturated carbocycles. The van der Waals surface area contributed by atoms with Gasteiger partial charge in [-0.05, 0) is 73.2 Å². The van der Waals surface area contributed by atoms with Gasteiger partial charge in [0.05, 0.1) is 12.6 Å². The van der Waals surface area contributed by atoms with Crippen molar-refractivity contribution in [3.05, 3.63) is 11.6 Å². The number of alkyl halides is 3. The number of ketones is 2. The molecule has 0 saturated heterocycles. The third-order valence-corrected chi connectivity index (χ3v) is 8.79. The van der Waals surface area contributed by atoms with Gasteiger partial charge in [0.25, 0.3) is 0 Å². The molecule has 4 aliphatic rings. The van der Waals surface area contributed by atoms with Crippen LogP contribution >= 0.6 is 0 Å². The van der Waals surface area contributed by atoms with Crippen molar-refractivity contribution in [2.75, 3.05) is 6.54 Å². The zero-order valence-corrected chi connectivity index (χ0v) is 17.0. The van der Waals surface area contributed by atoms with Crippen LogP contribution in [0.2, 0.25) is 0 Å². The molecule has 162 valence electrons. The Hall–Kier alpha value is -1.21. The summed E-state index contributed by atoms with van der Waals surface area (Å²) in [6, 6.07) is -0.502. The summed E-state index contributed by atoms with van der Waals surface area (Å²) in [6.45, 7) is 3.56. The number of carbonyl (C=O) groups is 2. The molecule has 4 rings (SSSR count). The van der Waals surface area contributed by atoms with E-state index in [1.165, 1.54) is 5.57 Å². The summed E-state index contributed by atoms with van der Waals surface area (Å²) < 4.78 is 37.8. The van der Waals surface area contributed by atoms with Gasteiger partial charge in [0, 0.05) is 12.5 Å². The second-order valence-electron chi connectivity index (χ2n) is 10.1. The lowest BCUT2D eigenvalue weighted by Crippen LogP contribution is -2.55. The Kier molecular flexibility index (Phi) is 5.01. The zero-order valence-electron chi connectivity index (χ0n) is 17.0. The molecule has 29 heavy (non-hydrogen) atoms. The monoisotopic (exact) mass is 413 g/mol. The fraction of sp³-hybridized carbons (Fsp3) is 0.818. The van der Waals surface area contributed by atoms with Crippen LogP contribution in [0, 0.1) is 28.6 Å². The summed E-state index contributed by atoms with van der Waals surface area (Å²) in [4.78, 5) is 23.3. The Morgan fingerprint density at radius 1 is 1.21 bits per heavy atom. The first-order chi connectivity index (χ1) is 13.5. The predicted octanol–water partition coefficient (Wildman–Crippen LogP) is 3.58. The largest absolute Gasteiger partial charge is 0.451 e. The maximum absolute atomic E-state index is 12.6. The van der Waals surface area contributed by atoms with Crippen LogP contribution in [-0.2, 0) is 9.59 Å². The number of hydrogen-bond donors (Lipinski definition) is 2. The summed E-state index contributed by atoms with van der Waals surface area (Å²) in [7, 11) is 0. The quantitative estimate of drug-likeness (QED) is 0.742. The van der Waals surface area contributed by atoms with Crippen LogP contribution < -0.4 is 5.32 Å². The molecule has 4 nitrogen and oxygen atoms in total. The van der Waals surface area contributed by atoms with Crippen molar-refractivity contribution in [3.63, 3.8) is 0 Å². The number of rotatable bonds is 3. The molecule has 0 aromatic rings. The van der Waals surface area contributed by atoms with E-state index in [-0.39, 0.29) is 22.5 Å². The summed E-state index contributed by atoms with van der Waals surface area (Å²) in [5.41, 5.74) is 0.956. The number of carbonyl (C=O) groups excluding carboxylic acids is 2. The van der Waals surface area contributed by atoms with E-state index in [4.69, 9.17) is 0 Å². The van der Waals surface area contributed by atoms with Crippen molar-refractivity contribution >= 4 is 11.6 Å². The smallest absolute Gasteiger partial charge is 0.391 e. The van der Waals surface area contributed by atoms with Gasteiger partial charge in [0.2, 0.25) is 5.78 Å². The van der Waals surface area contributed by atoms with Crippen LogP contribution in [0.3, 0.4) is 0 Å². The van der Waals surface area contributed by atoms with Crippen LogP contribution in [0.5, 0.6) is 0 Å². The summed E-state index contributed by atoms with van der Waals surface area (Å²) >= 11 is 0. The maximum Gasteiger partial charge on any atom is 0.451 e. The third kappa shape index (κ3) is 3.29. The van der Waals surface area contributed by atoms with E-state index in [2.05, 4.69) is 19.2 Å². The molecular formula is C22H30F3NO3. The van der Waals surface area contributed by atoms with E-state index in [0.717, 1.165) is 32.1 Å². The van der Waals surface area contributed by atoms with Crippen molar-refractivity contribution < 1.29 is 27.9 Å². The van der Waals surface area contributed by atoms with Crippen LogP contribution in [0.15, 0.2) is 11.6 Å². The minimum Gasteiger partial charge on any atom is -0.391 e. The van der Waals surface area contributed by atoms with E-state index in [9.17, 15) is 27.9 Å². The second-order valence-corrected chi connectivity index (χ2v) is 10.1.